The van der Waals surface area contributed by atoms with E-state index in [1.165, 1.54) is 19.1 Å². The first-order chi connectivity index (χ1) is 13.8. The number of carbonyl (C=O) groups excluding carboxylic acids is 2. The molecule has 0 aliphatic carbocycles. The van der Waals surface area contributed by atoms with Gasteiger partial charge in [-0.25, -0.2) is 0 Å². The Morgan fingerprint density at radius 3 is 2.52 bits per heavy atom. The molecule has 29 heavy (non-hydrogen) atoms. The third kappa shape index (κ3) is 3.66. The number of rotatable bonds is 4. The predicted octanol–water partition coefficient (Wildman–Crippen LogP) is 3.71. The number of benzene rings is 2. The molecule has 1 fully saturated rings. The molecule has 0 saturated carbocycles. The number of aromatic hydroxyl groups is 1. The highest BCUT2D eigenvalue weighted by Crippen LogP contribution is 2.40. The molecular weight excluding hydrogens is 376 g/mol. The van der Waals surface area contributed by atoms with Crippen LogP contribution < -0.4 is 5.32 Å². The van der Waals surface area contributed by atoms with Crippen molar-refractivity contribution >= 4 is 23.8 Å². The Hall–Kier alpha value is -3.39. The molecule has 2 atom stereocenters. The van der Waals surface area contributed by atoms with Crippen LogP contribution in [0.15, 0.2) is 54.6 Å². The van der Waals surface area contributed by atoms with Crippen molar-refractivity contribution in [2.75, 3.05) is 11.9 Å². The lowest BCUT2D eigenvalue weighted by atomic mass is 9.95. The minimum absolute atomic E-state index is 0.0411. The van der Waals surface area contributed by atoms with E-state index in [-0.39, 0.29) is 25.3 Å². The number of amides is 3. The van der Waals surface area contributed by atoms with Gasteiger partial charge in [-0.05, 0) is 17.7 Å². The van der Waals surface area contributed by atoms with Crippen LogP contribution in [0.25, 0.3) is 0 Å². The normalized spacial score (nSPS) is 23.3. The number of nitrogens with one attached hydrogen (secondary N) is 1. The fraction of sp³-hybridized carbons (Fsp3) is 0.286. The summed E-state index contributed by atoms with van der Waals surface area (Å²) in [7, 11) is 0. The Morgan fingerprint density at radius 2 is 1.86 bits per heavy atom. The summed E-state index contributed by atoms with van der Waals surface area (Å²) in [4.78, 5) is 38.3. The third-order valence-electron chi connectivity index (χ3n) is 5.44. The maximum absolute atomic E-state index is 13.1. The van der Waals surface area contributed by atoms with Crippen LogP contribution in [0.1, 0.15) is 25.3 Å². The molecule has 0 spiro atoms. The van der Waals surface area contributed by atoms with Crippen LogP contribution in [0.2, 0.25) is 0 Å². The maximum atomic E-state index is 13.1. The second kappa shape index (κ2) is 7.92. The molecule has 0 aromatic heterocycles. The summed E-state index contributed by atoms with van der Waals surface area (Å²) in [5.74, 6) is -0.666. The van der Waals surface area contributed by atoms with Gasteiger partial charge in [-0.2, -0.15) is 9.59 Å². The van der Waals surface area contributed by atoms with Gasteiger partial charge in [0.05, 0.1) is 0 Å². The number of hydrogen-bond acceptors (Lipinski definition) is 5. The van der Waals surface area contributed by atoms with Crippen molar-refractivity contribution < 1.29 is 33.8 Å². The van der Waals surface area contributed by atoms with Crippen LogP contribution >= 0.6 is 0 Å². The molecule has 1 aliphatic heterocycles. The zero-order valence-electron chi connectivity index (χ0n) is 16.0. The predicted molar refractivity (Wildman–Crippen MR) is 104 cm³/mol. The molecule has 1 heterocycles. The minimum Gasteiger partial charge on any atom is -0.508 e. The highest BCUT2D eigenvalue weighted by molar-refractivity contribution is 5.99. The molecule has 0 bridgehead atoms. The fourth-order valence-electron chi connectivity index (χ4n) is 3.74. The topological polar surface area (TPSA) is 113 Å². The smallest absolute Gasteiger partial charge is 0.508 e. The number of nitrogens with zero attached hydrogens (tertiary/aromatic N) is 1. The number of carboxylic acid groups (broad SMARTS) is 1. The van der Waals surface area contributed by atoms with Crippen LogP contribution in [0.4, 0.5) is 15.3 Å². The molecule has 8 heteroatoms. The van der Waals surface area contributed by atoms with Crippen LogP contribution in [-0.2, 0) is 16.1 Å². The van der Waals surface area contributed by atoms with Gasteiger partial charge in [-0.1, -0.05) is 36.4 Å². The van der Waals surface area contributed by atoms with Gasteiger partial charge >= 0.3 is 12.2 Å². The van der Waals surface area contributed by atoms with Gasteiger partial charge in [0.15, 0.2) is 5.54 Å². The van der Waals surface area contributed by atoms with E-state index in [2.05, 4.69) is 5.32 Å². The number of carbonyl (C=O) groups is 3. The lowest BCUT2D eigenvalue weighted by Gasteiger charge is -2.37. The number of quaternary nitrogens is 1. The zero-order chi connectivity index (χ0) is 21.1. The molecule has 8 nitrogen and oxygen atoms in total. The molecule has 1 saturated heterocycles. The number of imide groups is 1. The quantitative estimate of drug-likeness (QED) is 0.676. The molecule has 1 aliphatic rings. The van der Waals surface area contributed by atoms with Crippen LogP contribution in [-0.4, -0.2) is 44.9 Å². The van der Waals surface area contributed by atoms with Gasteiger partial charge in [0.2, 0.25) is 0 Å². The Morgan fingerprint density at radius 1 is 1.14 bits per heavy atom. The average Bonchev–Trinajstić information content (AvgIpc) is 3.06. The molecule has 3 N–H and O–H groups in total. The first kappa shape index (κ1) is 20.3. The molecule has 3 rings (SSSR count). The highest BCUT2D eigenvalue weighted by Gasteiger charge is 2.68. The van der Waals surface area contributed by atoms with E-state index >= 15 is 0 Å². The van der Waals surface area contributed by atoms with Gasteiger partial charge < -0.3 is 20.3 Å². The van der Waals surface area contributed by atoms with Crippen molar-refractivity contribution in [2.45, 2.75) is 31.9 Å². The zero-order valence-corrected chi connectivity index (χ0v) is 16.0. The van der Waals surface area contributed by atoms with E-state index < -0.39 is 28.1 Å². The SMILES string of the molecule is C[C@]1(C(=O)Nc2cccc(O)c2)CCC[N+]1(C(=O)O)C(=O)OCc1ccccc1. The maximum Gasteiger partial charge on any atom is 0.527 e. The Labute approximate surface area is 167 Å². The number of likely N-dealkylation sites (tertiary alicyclic amines) is 1. The number of phenols is 1. The van der Waals surface area contributed by atoms with Gasteiger partial charge in [0, 0.05) is 31.5 Å². The summed E-state index contributed by atoms with van der Waals surface area (Å²) >= 11 is 0. The second-order valence-corrected chi connectivity index (χ2v) is 7.24. The summed E-state index contributed by atoms with van der Waals surface area (Å²) in [6.07, 6.45) is -1.84. The summed E-state index contributed by atoms with van der Waals surface area (Å²) in [6, 6.07) is 14.8. The highest BCUT2D eigenvalue weighted by atomic mass is 16.6. The number of anilines is 1. The van der Waals surface area contributed by atoms with E-state index in [1.807, 2.05) is 6.07 Å². The molecule has 1 unspecified atom stereocenters. The van der Waals surface area contributed by atoms with Gasteiger partial charge in [-0.3, -0.25) is 4.79 Å². The molecule has 2 aromatic rings. The van der Waals surface area contributed by atoms with E-state index in [9.17, 15) is 24.6 Å². The Balaban J connectivity index is 1.86. The largest absolute Gasteiger partial charge is 0.527 e. The van der Waals surface area contributed by atoms with Gasteiger partial charge in [-0.15, -0.1) is 4.48 Å². The Kier molecular flexibility index (Phi) is 5.56. The first-order valence-electron chi connectivity index (χ1n) is 9.23. The van der Waals surface area contributed by atoms with Gasteiger partial charge in [0.25, 0.3) is 5.91 Å². The average molecular weight is 399 g/mol. The minimum atomic E-state index is -1.56. The van der Waals surface area contributed by atoms with Crippen molar-refractivity contribution in [3.63, 3.8) is 0 Å². The summed E-state index contributed by atoms with van der Waals surface area (Å²) in [5.41, 5.74) is -0.538. The van der Waals surface area contributed by atoms with Gasteiger partial charge in [0.1, 0.15) is 18.9 Å². The van der Waals surface area contributed by atoms with E-state index in [4.69, 9.17) is 4.74 Å². The summed E-state index contributed by atoms with van der Waals surface area (Å²) < 4.78 is 4.19. The molecule has 3 amide bonds. The second-order valence-electron chi connectivity index (χ2n) is 7.24. The van der Waals surface area contributed by atoms with Crippen molar-refractivity contribution in [1.82, 2.24) is 0 Å². The lowest BCUT2D eigenvalue weighted by Crippen LogP contribution is -2.69. The van der Waals surface area contributed by atoms with Crippen molar-refractivity contribution in [3.05, 3.63) is 60.2 Å². The lowest BCUT2D eigenvalue weighted by molar-refractivity contribution is -0.813. The number of phenolic OH excluding ortho intramolecular Hbond substituents is 1. The first-order valence-corrected chi connectivity index (χ1v) is 9.23. The summed E-state index contributed by atoms with van der Waals surface area (Å²) in [6.45, 7) is 1.32. The van der Waals surface area contributed by atoms with Crippen LogP contribution in [0, 0.1) is 0 Å². The molecular formula is C21H23N2O6+. The van der Waals surface area contributed by atoms with Crippen molar-refractivity contribution in [2.24, 2.45) is 0 Å². The van der Waals surface area contributed by atoms with Crippen molar-refractivity contribution in [3.8, 4) is 5.75 Å². The van der Waals surface area contributed by atoms with E-state index in [1.54, 1.807) is 36.4 Å². The third-order valence-corrected chi connectivity index (χ3v) is 5.44. The van der Waals surface area contributed by atoms with E-state index in [0.29, 0.717) is 12.1 Å². The monoisotopic (exact) mass is 399 g/mol. The number of hydrogen-bond donors (Lipinski definition) is 3. The van der Waals surface area contributed by atoms with Crippen LogP contribution in [0.3, 0.4) is 0 Å². The summed E-state index contributed by atoms with van der Waals surface area (Å²) in [5, 5.41) is 22.2. The number of ether oxygens (including phenoxy) is 1. The molecule has 2 aromatic carbocycles. The van der Waals surface area contributed by atoms with Crippen LogP contribution in [0.5, 0.6) is 5.75 Å². The Bertz CT molecular complexity index is 932. The standard InChI is InChI=1S/C21H22N2O6/c1-21(18(25)22-16-9-5-10-17(24)13-16)11-6-12-23(21,19(26)27)20(28)29-14-15-7-3-2-4-8-15/h2-5,7-10,13H,6,11-12,14H2,1H3,(H2-,22,24,25,26,27)/p+1/t21-,23?/m1/s1. The van der Waals surface area contributed by atoms with Crippen molar-refractivity contribution in [1.29, 1.82) is 0 Å². The molecule has 152 valence electrons. The fourth-order valence-corrected chi connectivity index (χ4v) is 3.74. The van der Waals surface area contributed by atoms with E-state index in [0.717, 1.165) is 5.56 Å². The molecule has 0 radical (unpaired) electrons.